The fourth-order valence-electron chi connectivity index (χ4n) is 5.83. The predicted molar refractivity (Wildman–Crippen MR) is 146 cm³/mol. The van der Waals surface area contributed by atoms with Crippen LogP contribution in [0.1, 0.15) is 38.7 Å². The van der Waals surface area contributed by atoms with Gasteiger partial charge in [0.25, 0.3) is 5.91 Å². The number of hydrogen-bond donors (Lipinski definition) is 3. The van der Waals surface area contributed by atoms with Crippen LogP contribution in [-0.4, -0.2) is 72.8 Å². The zero-order valence-electron chi connectivity index (χ0n) is 22.4. The van der Waals surface area contributed by atoms with E-state index in [0.29, 0.717) is 25.3 Å². The van der Waals surface area contributed by atoms with Gasteiger partial charge in [-0.15, -0.1) is 10.2 Å². The zero-order chi connectivity index (χ0) is 27.8. The van der Waals surface area contributed by atoms with Crippen LogP contribution in [0.3, 0.4) is 0 Å². The minimum absolute atomic E-state index is 0.0828. The number of H-pyrrole nitrogens is 1. The summed E-state index contributed by atoms with van der Waals surface area (Å²) in [5.41, 5.74) is 5.87. The molecule has 2 unspecified atom stereocenters. The summed E-state index contributed by atoms with van der Waals surface area (Å²) in [7, 11) is 0. The van der Waals surface area contributed by atoms with E-state index in [9.17, 15) is 14.7 Å². The van der Waals surface area contributed by atoms with Crippen molar-refractivity contribution in [2.75, 3.05) is 13.2 Å². The number of carbonyl (C=O) groups excluding carboxylic acids is 2. The molecule has 0 bridgehead atoms. The number of tetrazole rings is 1. The first kappa shape index (κ1) is 25.6. The topological polar surface area (TPSA) is 137 Å². The minimum atomic E-state index is -0.769. The number of hydrogen-bond acceptors (Lipinski definition) is 9. The van der Waals surface area contributed by atoms with Gasteiger partial charge in [-0.05, 0) is 35.2 Å². The van der Waals surface area contributed by atoms with Gasteiger partial charge >= 0.3 is 5.97 Å². The van der Waals surface area contributed by atoms with Crippen molar-refractivity contribution < 1.29 is 19.4 Å². The van der Waals surface area contributed by atoms with Gasteiger partial charge < -0.3 is 25.0 Å². The number of ether oxygens (including phenoxy) is 1. The zero-order valence-corrected chi connectivity index (χ0v) is 22.4. The number of aliphatic hydroxyl groups excluding tert-OH is 1. The van der Waals surface area contributed by atoms with E-state index in [1.807, 2.05) is 24.3 Å². The highest BCUT2D eigenvalue weighted by atomic mass is 16.5. The van der Waals surface area contributed by atoms with E-state index in [0.717, 1.165) is 46.5 Å². The third kappa shape index (κ3) is 4.37. The number of amides is 1. The Labute approximate surface area is 231 Å². The molecule has 3 N–H and O–H groups in total. The van der Waals surface area contributed by atoms with E-state index in [1.165, 1.54) is 0 Å². The number of rotatable bonds is 8. The third-order valence-electron chi connectivity index (χ3n) is 7.73. The van der Waals surface area contributed by atoms with Gasteiger partial charge in [-0.25, -0.2) is 4.79 Å². The number of esters is 1. The average Bonchev–Trinajstić information content (AvgIpc) is 3.67. The SMILES string of the molecule is CCCC1NC2=C(CN3C(=O)C(C(=O)OCC)=C(O)C3C2)N1Cc1ccc(-c2ccccc2-c2nn[nH]n2)cc1. The molecular formula is C29H31N7O4. The van der Waals surface area contributed by atoms with Gasteiger partial charge in [0.15, 0.2) is 5.57 Å². The number of aromatic amines is 1. The maximum Gasteiger partial charge on any atom is 0.347 e. The van der Waals surface area contributed by atoms with Crippen molar-refractivity contribution in [1.29, 1.82) is 0 Å². The normalized spacial score (nSPS) is 20.1. The van der Waals surface area contributed by atoms with Crippen molar-refractivity contribution in [1.82, 2.24) is 35.7 Å². The van der Waals surface area contributed by atoms with Gasteiger partial charge in [0, 0.05) is 24.2 Å². The van der Waals surface area contributed by atoms with Gasteiger partial charge in [-0.3, -0.25) is 4.79 Å². The Morgan fingerprint density at radius 2 is 1.90 bits per heavy atom. The Bertz CT molecular complexity index is 1500. The fourth-order valence-corrected chi connectivity index (χ4v) is 5.83. The van der Waals surface area contributed by atoms with Crippen LogP contribution in [0.15, 0.2) is 71.3 Å². The van der Waals surface area contributed by atoms with Crippen LogP contribution in [0, 0.1) is 0 Å². The number of fused-ring (bicyclic) bond motifs is 1. The van der Waals surface area contributed by atoms with Gasteiger partial charge in [-0.1, -0.05) is 61.9 Å². The van der Waals surface area contributed by atoms with Crippen LogP contribution >= 0.6 is 0 Å². The van der Waals surface area contributed by atoms with E-state index in [-0.39, 0.29) is 24.1 Å². The van der Waals surface area contributed by atoms with Crippen molar-refractivity contribution in [2.45, 2.75) is 51.9 Å². The van der Waals surface area contributed by atoms with Crippen molar-refractivity contribution in [3.05, 3.63) is 76.8 Å². The molecule has 3 aliphatic heterocycles. The lowest BCUT2D eigenvalue weighted by atomic mass is 9.98. The van der Waals surface area contributed by atoms with E-state index >= 15 is 0 Å². The quantitative estimate of drug-likeness (QED) is 0.290. The van der Waals surface area contributed by atoms with Crippen molar-refractivity contribution in [2.24, 2.45) is 0 Å². The smallest absolute Gasteiger partial charge is 0.347 e. The molecule has 0 radical (unpaired) electrons. The van der Waals surface area contributed by atoms with Crippen molar-refractivity contribution in [3.8, 4) is 22.5 Å². The largest absolute Gasteiger partial charge is 0.509 e. The molecule has 2 aromatic carbocycles. The van der Waals surface area contributed by atoms with Crippen LogP contribution in [0.2, 0.25) is 0 Å². The van der Waals surface area contributed by atoms with Crippen LogP contribution in [0.25, 0.3) is 22.5 Å². The Morgan fingerprint density at radius 3 is 2.60 bits per heavy atom. The molecule has 11 heteroatoms. The molecule has 0 spiro atoms. The maximum atomic E-state index is 13.1. The molecule has 40 heavy (non-hydrogen) atoms. The molecule has 1 amide bonds. The Hall–Kier alpha value is -4.67. The number of nitrogens with one attached hydrogen (secondary N) is 2. The summed E-state index contributed by atoms with van der Waals surface area (Å²) in [6, 6.07) is 15.8. The minimum Gasteiger partial charge on any atom is -0.509 e. The molecule has 1 aromatic heterocycles. The highest BCUT2D eigenvalue weighted by molar-refractivity contribution is 6.18. The number of aromatic nitrogens is 4. The van der Waals surface area contributed by atoms with Crippen LogP contribution in [-0.2, 0) is 20.9 Å². The average molecular weight is 542 g/mol. The van der Waals surface area contributed by atoms with Gasteiger partial charge in [0.05, 0.1) is 31.1 Å². The molecule has 0 saturated heterocycles. The van der Waals surface area contributed by atoms with Crippen LogP contribution < -0.4 is 5.32 Å². The summed E-state index contributed by atoms with van der Waals surface area (Å²) in [5.74, 6) is -0.896. The summed E-state index contributed by atoms with van der Waals surface area (Å²) in [6.07, 6.45) is 2.43. The Morgan fingerprint density at radius 1 is 1.12 bits per heavy atom. The third-order valence-corrected chi connectivity index (χ3v) is 7.73. The van der Waals surface area contributed by atoms with E-state index in [2.05, 4.69) is 62.0 Å². The number of benzene rings is 2. The summed E-state index contributed by atoms with van der Waals surface area (Å²) < 4.78 is 5.03. The van der Waals surface area contributed by atoms with Crippen LogP contribution in [0.4, 0.5) is 0 Å². The summed E-state index contributed by atoms with van der Waals surface area (Å²) in [6.45, 7) is 4.93. The molecule has 2 atom stereocenters. The summed E-state index contributed by atoms with van der Waals surface area (Å²) in [5, 5.41) is 28.9. The molecule has 0 fully saturated rings. The van der Waals surface area contributed by atoms with Gasteiger partial charge in [-0.2, -0.15) is 5.21 Å². The molecule has 206 valence electrons. The molecule has 11 nitrogen and oxygen atoms in total. The molecule has 4 heterocycles. The second kappa shape index (κ2) is 10.5. The number of carbonyl (C=O) groups is 2. The maximum absolute atomic E-state index is 13.1. The molecule has 3 aliphatic rings. The second-order valence-corrected chi connectivity index (χ2v) is 10.1. The molecule has 0 aliphatic carbocycles. The van der Waals surface area contributed by atoms with Gasteiger partial charge in [0.2, 0.25) is 5.82 Å². The van der Waals surface area contributed by atoms with E-state index in [4.69, 9.17) is 4.74 Å². The molecule has 0 saturated carbocycles. The lowest BCUT2D eigenvalue weighted by molar-refractivity contribution is -0.141. The number of nitrogens with zero attached hydrogens (tertiary/aromatic N) is 5. The highest BCUT2D eigenvalue weighted by Crippen LogP contribution is 2.39. The number of aliphatic hydroxyl groups is 1. The van der Waals surface area contributed by atoms with Crippen LogP contribution in [0.5, 0.6) is 0 Å². The Kier molecular flexibility index (Phi) is 6.71. The van der Waals surface area contributed by atoms with Gasteiger partial charge in [0.1, 0.15) is 5.76 Å². The molecule has 3 aromatic rings. The standard InChI is InChI=1S/C29H31N7O4/c1-3-7-24-30-21-14-22-26(37)25(29(39)40-4-2)28(38)36(22)16-23(21)35(24)15-17-10-12-18(13-11-17)19-8-5-6-9-20(19)27-31-33-34-32-27/h5-6,8-13,22,24,30,37H,3-4,7,14-16H2,1-2H3,(H,31,32,33,34). The monoisotopic (exact) mass is 541 g/mol. The summed E-state index contributed by atoms with van der Waals surface area (Å²) >= 11 is 0. The van der Waals surface area contributed by atoms with Crippen molar-refractivity contribution in [3.63, 3.8) is 0 Å². The van der Waals surface area contributed by atoms with E-state index in [1.54, 1.807) is 11.8 Å². The lowest BCUT2D eigenvalue weighted by Crippen LogP contribution is -2.43. The van der Waals surface area contributed by atoms with Crippen molar-refractivity contribution >= 4 is 11.9 Å². The fraction of sp³-hybridized carbons (Fsp3) is 0.345. The first-order valence-electron chi connectivity index (χ1n) is 13.6. The lowest BCUT2D eigenvalue weighted by Gasteiger charge is -2.34. The predicted octanol–water partition coefficient (Wildman–Crippen LogP) is 3.27. The first-order chi connectivity index (χ1) is 19.5. The second-order valence-electron chi connectivity index (χ2n) is 10.1. The first-order valence-corrected chi connectivity index (χ1v) is 13.6. The Balaban J connectivity index is 1.24. The summed E-state index contributed by atoms with van der Waals surface area (Å²) in [4.78, 5) is 29.4. The van der Waals surface area contributed by atoms with E-state index < -0.39 is 17.9 Å². The molecular weight excluding hydrogens is 510 g/mol. The molecule has 6 rings (SSSR count). The highest BCUT2D eigenvalue weighted by Gasteiger charge is 2.49.